The molecule has 0 amide bonds. The summed E-state index contributed by atoms with van der Waals surface area (Å²) in [7, 11) is 0. The monoisotopic (exact) mass is 348 g/mol. The minimum absolute atomic E-state index is 0.258. The first-order valence-electron chi connectivity index (χ1n) is 9.18. The predicted octanol–water partition coefficient (Wildman–Crippen LogP) is 6.58. The molecule has 0 atom stereocenters. The van der Waals surface area contributed by atoms with Crippen LogP contribution in [-0.2, 0) is 4.79 Å². The van der Waals surface area contributed by atoms with E-state index in [-0.39, 0.29) is 4.58 Å². The highest BCUT2D eigenvalue weighted by atomic mass is 32.2. The van der Waals surface area contributed by atoms with Crippen molar-refractivity contribution in [3.8, 4) is 0 Å². The lowest BCUT2D eigenvalue weighted by atomic mass is 10.1. The summed E-state index contributed by atoms with van der Waals surface area (Å²) in [5, 5.41) is 9.28. The molecule has 0 bridgehead atoms. The lowest BCUT2D eigenvalue weighted by Gasteiger charge is -2.11. The Bertz CT molecular complexity index is 229. The summed E-state index contributed by atoms with van der Waals surface area (Å²) in [6.07, 6.45) is 15.3. The first-order valence-corrected chi connectivity index (χ1v) is 11.3. The van der Waals surface area contributed by atoms with Crippen molar-refractivity contribution < 1.29 is 9.90 Å². The molecular formula is C18H36O2S2. The fourth-order valence-corrected chi connectivity index (χ4v) is 4.75. The van der Waals surface area contributed by atoms with Gasteiger partial charge >= 0.3 is 5.97 Å². The largest absolute Gasteiger partial charge is 0.480 e. The Labute approximate surface area is 146 Å². The van der Waals surface area contributed by atoms with Crippen LogP contribution in [0.5, 0.6) is 0 Å². The summed E-state index contributed by atoms with van der Waals surface area (Å²) in [5.41, 5.74) is 0. The number of carbonyl (C=O) groups is 1. The van der Waals surface area contributed by atoms with Gasteiger partial charge in [-0.2, -0.15) is 0 Å². The van der Waals surface area contributed by atoms with Crippen molar-refractivity contribution in [3.63, 3.8) is 0 Å². The molecule has 0 aromatic rings. The maximum absolute atomic E-state index is 11.3. The van der Waals surface area contributed by atoms with E-state index < -0.39 is 5.97 Å². The molecule has 0 aromatic carbocycles. The lowest BCUT2D eigenvalue weighted by molar-refractivity contribution is -0.134. The summed E-state index contributed by atoms with van der Waals surface area (Å²) < 4.78 is -0.258. The quantitative estimate of drug-likeness (QED) is 0.238. The molecule has 0 fully saturated rings. The molecule has 0 heterocycles. The average molecular weight is 349 g/mol. The van der Waals surface area contributed by atoms with Crippen LogP contribution in [0.25, 0.3) is 0 Å². The molecule has 0 rings (SSSR count). The second-order valence-electron chi connectivity index (χ2n) is 5.95. The van der Waals surface area contributed by atoms with Gasteiger partial charge < -0.3 is 5.11 Å². The third-order valence-electron chi connectivity index (χ3n) is 3.74. The zero-order valence-corrected chi connectivity index (χ0v) is 16.3. The van der Waals surface area contributed by atoms with Gasteiger partial charge in [0.2, 0.25) is 0 Å². The first kappa shape index (κ1) is 22.2. The highest BCUT2D eigenvalue weighted by Crippen LogP contribution is 2.26. The fraction of sp³-hybridized carbons (Fsp3) is 0.944. The van der Waals surface area contributed by atoms with Crippen molar-refractivity contribution in [2.75, 3.05) is 11.5 Å². The van der Waals surface area contributed by atoms with Crippen molar-refractivity contribution in [2.45, 2.75) is 95.5 Å². The van der Waals surface area contributed by atoms with Gasteiger partial charge in [0, 0.05) is 0 Å². The molecule has 0 aliphatic heterocycles. The van der Waals surface area contributed by atoms with Gasteiger partial charge in [0.25, 0.3) is 0 Å². The van der Waals surface area contributed by atoms with Gasteiger partial charge in [-0.05, 0) is 24.3 Å². The van der Waals surface area contributed by atoms with Gasteiger partial charge in [-0.25, -0.2) is 0 Å². The van der Waals surface area contributed by atoms with Gasteiger partial charge in [0.15, 0.2) is 0 Å². The minimum Gasteiger partial charge on any atom is -0.480 e. The molecular weight excluding hydrogens is 312 g/mol. The van der Waals surface area contributed by atoms with Crippen LogP contribution < -0.4 is 0 Å². The number of unbranched alkanes of at least 4 members (excludes halogenated alkanes) is 10. The van der Waals surface area contributed by atoms with Crippen molar-refractivity contribution >= 4 is 29.5 Å². The third kappa shape index (κ3) is 15.1. The van der Waals surface area contributed by atoms with E-state index in [1.165, 1.54) is 64.2 Å². The molecule has 0 radical (unpaired) electrons. The number of thioether (sulfide) groups is 2. The molecule has 132 valence electrons. The topological polar surface area (TPSA) is 37.3 Å². The van der Waals surface area contributed by atoms with E-state index in [1.807, 2.05) is 0 Å². The summed E-state index contributed by atoms with van der Waals surface area (Å²) >= 11 is 3.26. The maximum atomic E-state index is 11.3. The lowest BCUT2D eigenvalue weighted by Crippen LogP contribution is -2.13. The van der Waals surface area contributed by atoms with E-state index in [0.29, 0.717) is 0 Å². The number of carboxylic acids is 1. The maximum Gasteiger partial charge on any atom is 0.326 e. The van der Waals surface area contributed by atoms with Gasteiger partial charge in [-0.15, -0.1) is 23.5 Å². The van der Waals surface area contributed by atoms with Crippen LogP contribution in [0.1, 0.15) is 90.9 Å². The standard InChI is InChI=1S/C18H36O2S2/c1-3-5-7-9-11-13-15-21-18(17(19)20)22-16-14-12-10-8-6-4-2/h18H,3-16H2,1-2H3,(H,19,20). The van der Waals surface area contributed by atoms with Crippen LogP contribution in [0, 0.1) is 0 Å². The van der Waals surface area contributed by atoms with E-state index in [2.05, 4.69) is 13.8 Å². The number of rotatable bonds is 17. The van der Waals surface area contributed by atoms with Crippen LogP contribution in [0.3, 0.4) is 0 Å². The van der Waals surface area contributed by atoms with Crippen molar-refractivity contribution in [1.29, 1.82) is 0 Å². The number of hydrogen-bond acceptors (Lipinski definition) is 3. The van der Waals surface area contributed by atoms with Crippen LogP contribution in [0.15, 0.2) is 0 Å². The van der Waals surface area contributed by atoms with Crippen molar-refractivity contribution in [3.05, 3.63) is 0 Å². The zero-order chi connectivity index (χ0) is 16.5. The Morgan fingerprint density at radius 1 is 0.727 bits per heavy atom. The highest BCUT2D eigenvalue weighted by molar-refractivity contribution is 8.18. The summed E-state index contributed by atoms with van der Waals surface area (Å²) in [5.74, 6) is 1.34. The predicted molar refractivity (Wildman–Crippen MR) is 103 cm³/mol. The van der Waals surface area contributed by atoms with Crippen molar-refractivity contribution in [2.24, 2.45) is 0 Å². The highest BCUT2D eigenvalue weighted by Gasteiger charge is 2.17. The number of carboxylic acid groups (broad SMARTS) is 1. The Kier molecular flexibility index (Phi) is 17.7. The van der Waals surface area contributed by atoms with Gasteiger partial charge in [0.1, 0.15) is 4.58 Å². The Morgan fingerprint density at radius 2 is 1.09 bits per heavy atom. The normalized spacial score (nSPS) is 11.2. The molecule has 0 spiro atoms. The SMILES string of the molecule is CCCCCCCCSC(SCCCCCCCC)C(=O)O. The van der Waals surface area contributed by atoms with Crippen LogP contribution in [0.2, 0.25) is 0 Å². The minimum atomic E-state index is -0.646. The van der Waals surface area contributed by atoms with Gasteiger partial charge in [-0.1, -0.05) is 78.1 Å². The van der Waals surface area contributed by atoms with E-state index in [4.69, 9.17) is 0 Å². The average Bonchev–Trinajstić information content (AvgIpc) is 2.50. The van der Waals surface area contributed by atoms with E-state index >= 15 is 0 Å². The number of aliphatic carboxylic acids is 1. The van der Waals surface area contributed by atoms with E-state index in [9.17, 15) is 9.90 Å². The molecule has 0 aliphatic rings. The fourth-order valence-electron chi connectivity index (χ4n) is 2.34. The molecule has 0 saturated heterocycles. The third-order valence-corrected chi connectivity index (χ3v) is 6.61. The molecule has 0 aromatic heterocycles. The number of hydrogen-bond donors (Lipinski definition) is 1. The van der Waals surface area contributed by atoms with Crippen molar-refractivity contribution in [1.82, 2.24) is 0 Å². The zero-order valence-electron chi connectivity index (χ0n) is 14.6. The van der Waals surface area contributed by atoms with Gasteiger partial charge in [0.05, 0.1) is 0 Å². The summed E-state index contributed by atoms with van der Waals surface area (Å²) in [6, 6.07) is 0. The molecule has 4 heteroatoms. The Hall–Kier alpha value is 0.170. The molecule has 22 heavy (non-hydrogen) atoms. The second kappa shape index (κ2) is 17.5. The summed E-state index contributed by atoms with van der Waals surface area (Å²) in [4.78, 5) is 11.3. The Morgan fingerprint density at radius 3 is 1.45 bits per heavy atom. The molecule has 0 unspecified atom stereocenters. The summed E-state index contributed by atoms with van der Waals surface area (Å²) in [6.45, 7) is 4.46. The van der Waals surface area contributed by atoms with E-state index in [0.717, 1.165) is 24.3 Å². The Balaban J connectivity index is 3.51. The molecule has 2 nitrogen and oxygen atoms in total. The molecule has 0 saturated carbocycles. The van der Waals surface area contributed by atoms with Crippen LogP contribution >= 0.6 is 23.5 Å². The molecule has 0 aliphatic carbocycles. The smallest absolute Gasteiger partial charge is 0.326 e. The van der Waals surface area contributed by atoms with Crippen LogP contribution in [0.4, 0.5) is 0 Å². The van der Waals surface area contributed by atoms with Gasteiger partial charge in [-0.3, -0.25) is 4.79 Å². The molecule has 1 N–H and O–H groups in total. The van der Waals surface area contributed by atoms with Crippen LogP contribution in [-0.4, -0.2) is 27.2 Å². The second-order valence-corrected chi connectivity index (χ2v) is 8.67. The van der Waals surface area contributed by atoms with E-state index in [1.54, 1.807) is 23.5 Å². The first-order chi connectivity index (χ1) is 10.7.